The molecule has 204 valence electrons. The number of amides is 2. The molecule has 1 saturated heterocycles. The van der Waals surface area contributed by atoms with Gasteiger partial charge in [0.25, 0.3) is 11.8 Å². The van der Waals surface area contributed by atoms with Gasteiger partial charge in [-0.15, -0.1) is 0 Å². The van der Waals surface area contributed by atoms with Crippen LogP contribution in [0.2, 0.25) is 0 Å². The molecule has 1 aliphatic carbocycles. The van der Waals surface area contributed by atoms with Gasteiger partial charge in [0.2, 0.25) is 5.66 Å². The van der Waals surface area contributed by atoms with Crippen molar-refractivity contribution in [1.29, 1.82) is 0 Å². The molecule has 4 aliphatic rings. The normalized spacial score (nSPS) is 28.8. The zero-order chi connectivity index (χ0) is 27.3. The molecule has 3 aliphatic heterocycles. The van der Waals surface area contributed by atoms with Crippen molar-refractivity contribution in [1.82, 2.24) is 25.8 Å². The molecule has 6 rings (SSSR count). The van der Waals surface area contributed by atoms with Crippen molar-refractivity contribution in [3.63, 3.8) is 0 Å². The summed E-state index contributed by atoms with van der Waals surface area (Å²) in [4.78, 5) is 39.9. The predicted molar refractivity (Wildman–Crippen MR) is 144 cm³/mol. The van der Waals surface area contributed by atoms with Crippen LogP contribution in [0.1, 0.15) is 50.4 Å². The molecule has 5 atom stereocenters. The highest BCUT2D eigenvalue weighted by atomic mass is 16.3. The van der Waals surface area contributed by atoms with Gasteiger partial charge in [-0.25, -0.2) is 10.3 Å². The Morgan fingerprint density at radius 1 is 1.23 bits per heavy atom. The second-order valence-electron chi connectivity index (χ2n) is 10.8. The minimum Gasteiger partial charge on any atom is -0.385 e. The maximum absolute atomic E-state index is 13.4. The summed E-state index contributed by atoms with van der Waals surface area (Å²) < 4.78 is 0. The van der Waals surface area contributed by atoms with Gasteiger partial charge in [0, 0.05) is 24.8 Å². The van der Waals surface area contributed by atoms with Crippen LogP contribution in [0.3, 0.4) is 0 Å². The summed E-state index contributed by atoms with van der Waals surface area (Å²) in [5.41, 5.74) is 15.6. The number of aliphatic hydroxyl groups excluding tert-OH is 1. The fraction of sp³-hybridized carbons (Fsp3) is 0.444. The number of guanidine groups is 2. The standard InChI is InChI=1S/C27H33N9O3/c1-14-9-10-30-18(11-14)24(39)31-12-19-21-27(35-25(28)34-21)22(37)20(13-36(27)26(29)33-19)32-23(38)17-8-4-6-15-5-2-3-7-16(15)17/h4,6,8-11,19-22,37H,2-3,5,7,12-13H2,1H3,(H2,29,33)(H,31,39)(H,32,38)(H3,28,34,35)/p+1/t19-,20?,21-,22+,27?/m0/s1. The van der Waals surface area contributed by atoms with E-state index in [1.807, 2.05) is 25.1 Å². The van der Waals surface area contributed by atoms with Crippen LogP contribution in [0, 0.1) is 6.92 Å². The fourth-order valence-corrected chi connectivity index (χ4v) is 6.48. The number of aromatic nitrogens is 1. The highest BCUT2D eigenvalue weighted by Crippen LogP contribution is 2.35. The number of nitrogens with zero attached hydrogens (tertiary/aromatic N) is 3. The molecule has 1 fully saturated rings. The molecule has 9 N–H and O–H groups in total. The number of aliphatic hydroxyl groups is 1. The Bertz CT molecular complexity index is 1390. The SMILES string of the molecule is Cc1ccnc(C(=O)NC[C@@H]2N=C(N)N3CC(NC(=O)c4cccc5c4CCCC5)[C@@H](O)C34NC(N)=[NH+][C@@H]24)c1. The van der Waals surface area contributed by atoms with Crippen molar-refractivity contribution in [2.45, 2.75) is 62.5 Å². The lowest BCUT2D eigenvalue weighted by Crippen LogP contribution is -2.88. The Hall–Kier alpha value is -4.19. The van der Waals surface area contributed by atoms with Crippen molar-refractivity contribution in [3.8, 4) is 0 Å². The summed E-state index contributed by atoms with van der Waals surface area (Å²) >= 11 is 0. The number of nitrogens with one attached hydrogen (secondary N) is 4. The van der Waals surface area contributed by atoms with Crippen molar-refractivity contribution < 1.29 is 19.7 Å². The maximum atomic E-state index is 13.4. The molecule has 0 saturated carbocycles. The Morgan fingerprint density at radius 3 is 2.87 bits per heavy atom. The van der Waals surface area contributed by atoms with Gasteiger partial charge < -0.3 is 26.4 Å². The average molecular weight is 533 g/mol. The second-order valence-corrected chi connectivity index (χ2v) is 10.8. The van der Waals surface area contributed by atoms with Gasteiger partial charge in [0.1, 0.15) is 17.8 Å². The van der Waals surface area contributed by atoms with Crippen LogP contribution in [-0.4, -0.2) is 81.7 Å². The lowest BCUT2D eigenvalue weighted by atomic mass is 9.87. The van der Waals surface area contributed by atoms with E-state index in [4.69, 9.17) is 11.5 Å². The van der Waals surface area contributed by atoms with Crippen LogP contribution in [0.25, 0.3) is 0 Å². The zero-order valence-corrected chi connectivity index (χ0v) is 21.8. The number of hydrogen-bond acceptors (Lipinski definition) is 9. The van der Waals surface area contributed by atoms with Crippen LogP contribution in [-0.2, 0) is 12.8 Å². The third-order valence-electron chi connectivity index (χ3n) is 8.31. The molecule has 0 radical (unpaired) electrons. The largest absolute Gasteiger partial charge is 0.385 e. The van der Waals surface area contributed by atoms with E-state index in [9.17, 15) is 14.7 Å². The Kier molecular flexibility index (Phi) is 6.13. The first kappa shape index (κ1) is 25.1. The molecular formula is C27H34N9O3+. The van der Waals surface area contributed by atoms with Crippen molar-refractivity contribution in [3.05, 3.63) is 64.5 Å². The van der Waals surface area contributed by atoms with Gasteiger partial charge in [-0.3, -0.25) is 25.3 Å². The Labute approximate surface area is 226 Å². The smallest absolute Gasteiger partial charge is 0.343 e. The minimum absolute atomic E-state index is 0.136. The number of benzene rings is 1. The summed E-state index contributed by atoms with van der Waals surface area (Å²) in [6, 6.07) is 7.64. The van der Waals surface area contributed by atoms with E-state index in [0.29, 0.717) is 11.3 Å². The van der Waals surface area contributed by atoms with Crippen LogP contribution >= 0.6 is 0 Å². The summed E-state index contributed by atoms with van der Waals surface area (Å²) in [6.07, 6.45) is 4.52. The third-order valence-corrected chi connectivity index (χ3v) is 8.31. The number of pyridine rings is 1. The van der Waals surface area contributed by atoms with Crippen LogP contribution < -0.4 is 32.4 Å². The number of aliphatic imine (C=N–C) groups is 1. The van der Waals surface area contributed by atoms with E-state index in [-0.39, 0.29) is 36.8 Å². The van der Waals surface area contributed by atoms with Crippen LogP contribution in [0.15, 0.2) is 41.5 Å². The molecule has 12 nitrogen and oxygen atoms in total. The number of aryl methyl sites for hydroxylation is 2. The zero-order valence-electron chi connectivity index (χ0n) is 21.8. The highest BCUT2D eigenvalue weighted by molar-refractivity contribution is 5.96. The summed E-state index contributed by atoms with van der Waals surface area (Å²) in [7, 11) is 0. The first-order valence-corrected chi connectivity index (χ1v) is 13.4. The monoisotopic (exact) mass is 532 g/mol. The lowest BCUT2D eigenvalue weighted by Gasteiger charge is -2.43. The summed E-state index contributed by atoms with van der Waals surface area (Å²) in [6.45, 7) is 2.26. The third kappa shape index (κ3) is 4.15. The van der Waals surface area contributed by atoms with Crippen LogP contribution in [0.4, 0.5) is 0 Å². The first-order valence-electron chi connectivity index (χ1n) is 13.4. The second kappa shape index (κ2) is 9.53. The van der Waals surface area contributed by atoms with Gasteiger partial charge in [-0.05, 0) is 67.5 Å². The van der Waals surface area contributed by atoms with Gasteiger partial charge in [0.05, 0.1) is 6.04 Å². The number of rotatable bonds is 5. The molecule has 1 aromatic carbocycles. The number of nitrogens with two attached hydrogens (primary N) is 2. The van der Waals surface area contributed by atoms with Gasteiger partial charge in [-0.2, -0.15) is 0 Å². The van der Waals surface area contributed by atoms with Gasteiger partial charge in [0.15, 0.2) is 12.0 Å². The highest BCUT2D eigenvalue weighted by Gasteiger charge is 2.68. The quantitative estimate of drug-likeness (QED) is 0.216. The van der Waals surface area contributed by atoms with Crippen LogP contribution in [0.5, 0.6) is 0 Å². The van der Waals surface area contributed by atoms with Crippen molar-refractivity contribution >= 4 is 23.7 Å². The molecule has 2 amide bonds. The van der Waals surface area contributed by atoms with E-state index >= 15 is 0 Å². The molecule has 4 heterocycles. The maximum Gasteiger partial charge on any atom is 0.343 e. The Balaban J connectivity index is 1.22. The number of fused-ring (bicyclic) bond motifs is 1. The molecule has 1 spiro atoms. The molecule has 0 bridgehead atoms. The molecular weight excluding hydrogens is 498 g/mol. The summed E-state index contributed by atoms with van der Waals surface area (Å²) in [5, 5.41) is 20.8. The number of carbonyl (C=O) groups excluding carboxylic acids is 2. The topological polar surface area (TPSA) is 185 Å². The van der Waals surface area contributed by atoms with E-state index in [1.54, 1.807) is 17.2 Å². The first-order chi connectivity index (χ1) is 18.8. The number of carbonyl (C=O) groups is 2. The molecule has 12 heteroatoms. The Morgan fingerprint density at radius 2 is 2.05 bits per heavy atom. The van der Waals surface area contributed by atoms with Gasteiger partial charge in [-0.1, -0.05) is 12.1 Å². The van der Waals surface area contributed by atoms with E-state index < -0.39 is 29.9 Å². The molecule has 2 unspecified atom stereocenters. The van der Waals surface area contributed by atoms with Crippen molar-refractivity contribution in [2.75, 3.05) is 13.1 Å². The van der Waals surface area contributed by atoms with E-state index in [0.717, 1.165) is 36.8 Å². The molecule has 1 aromatic heterocycles. The lowest BCUT2D eigenvalue weighted by molar-refractivity contribution is -0.513. The fourth-order valence-electron chi connectivity index (χ4n) is 6.48. The average Bonchev–Trinajstić information content (AvgIpc) is 3.43. The molecule has 39 heavy (non-hydrogen) atoms. The van der Waals surface area contributed by atoms with E-state index in [2.05, 4.69) is 37.0 Å². The van der Waals surface area contributed by atoms with Crippen molar-refractivity contribution in [2.24, 2.45) is 16.5 Å². The molecule has 2 aromatic rings. The number of hydrogen-bond donors (Lipinski definition) is 7. The van der Waals surface area contributed by atoms with E-state index in [1.165, 1.54) is 5.56 Å². The summed E-state index contributed by atoms with van der Waals surface area (Å²) in [5.74, 6) is -0.112. The predicted octanol–water partition coefficient (Wildman–Crippen LogP) is -2.77. The minimum atomic E-state index is -1.15. The van der Waals surface area contributed by atoms with Gasteiger partial charge >= 0.3 is 5.96 Å².